The van der Waals surface area contributed by atoms with Crippen LogP contribution in [-0.4, -0.2) is 99.6 Å². The number of halogens is 4. The van der Waals surface area contributed by atoms with Gasteiger partial charge in [0.25, 0.3) is 47.3 Å². The van der Waals surface area contributed by atoms with Gasteiger partial charge in [-0.25, -0.2) is 36.3 Å². The number of aryl methyl sites for hydroxylation is 5. The standard InChI is InChI=1S/C24H25F2N5O3.C24H26FN5O2.C24H27N5O2.C21H22FN5O2/c1-13-4-2-3-5-16(13)24(33)29-12-17-18(25)10-14(11-19(17)26)21-20(23(28)32)22(27)31(30-21)15-6-8-34-9-7-15;1-14-6-2-5-9-17(14)24(32)28-13-15-10-11-18(19(25)12-15)21-20(23(27)31)22(26)30(29-21)16-7-3-4-8-16;1-14-5-3-4-6-19(14)24(31)27-13-16-7-9-18(10-8-16)21-20(23(26)30)22(25)29(28-21)15(2)17-11-12-17;1-3-27-19(23)17(20(24)28)18(26-27)13-8-9-14(16(22)10-13)11-25-21(29)15-7-5-4-6-12(15)2/h2-5,10-11,15H,6-9,12,27H2,1H3,(H2,28,32)(H,29,33);2,5-6,9-12,16H,3-4,7-8,13,26H2,1H3,(H2,27,31)(H,28,32);3-10,15,17H,11-13,25H2,1-2H3,(H2,26,30)(H,27,31);4-10H,3,11,23H2,1-2H3,(H2,24,28)(H,25,29). The minimum atomic E-state index is -0.894. The topological polar surface area (TPSA) is 473 Å². The quantitative estimate of drug-likeness (QED) is 0.0236. The Hall–Kier alpha value is -14.8. The number of nitrogen functional groups attached to an aromatic ring is 4. The molecule has 8 aromatic carbocycles. The van der Waals surface area contributed by atoms with Gasteiger partial charge < -0.3 is 71.9 Å². The van der Waals surface area contributed by atoms with E-state index in [1.54, 1.807) is 77.0 Å². The average molecular weight is 1720 g/mol. The Kier molecular flexibility index (Phi) is 28.8. The molecule has 15 rings (SSSR count). The summed E-state index contributed by atoms with van der Waals surface area (Å²) < 4.78 is 71.2. The molecule has 126 heavy (non-hydrogen) atoms. The van der Waals surface area contributed by atoms with Crippen molar-refractivity contribution in [2.45, 2.75) is 144 Å². The Morgan fingerprint density at radius 3 is 1.27 bits per heavy atom. The number of benzene rings is 8. The molecule has 29 nitrogen and oxygen atoms in total. The van der Waals surface area contributed by atoms with Gasteiger partial charge in [0.1, 0.15) is 91.6 Å². The lowest BCUT2D eigenvalue weighted by Gasteiger charge is -2.23. The highest BCUT2D eigenvalue weighted by Crippen LogP contribution is 2.43. The summed E-state index contributed by atoms with van der Waals surface area (Å²) in [5, 5.41) is 28.8. The third-order valence-corrected chi connectivity index (χ3v) is 22.6. The fraction of sp³-hybridized carbons (Fsp3) is 0.269. The molecule has 4 aromatic heterocycles. The first-order valence-electron chi connectivity index (χ1n) is 41.1. The zero-order valence-corrected chi connectivity index (χ0v) is 70.5. The van der Waals surface area contributed by atoms with E-state index in [0.29, 0.717) is 95.5 Å². The van der Waals surface area contributed by atoms with Crippen molar-refractivity contribution in [2.24, 2.45) is 28.9 Å². The Morgan fingerprint density at radius 1 is 0.413 bits per heavy atom. The fourth-order valence-corrected chi connectivity index (χ4v) is 15.3. The number of amides is 8. The van der Waals surface area contributed by atoms with Crippen LogP contribution in [0.15, 0.2) is 170 Å². The lowest BCUT2D eigenvalue weighted by Crippen LogP contribution is -2.24. The summed E-state index contributed by atoms with van der Waals surface area (Å²) >= 11 is 0. The van der Waals surface area contributed by atoms with Crippen LogP contribution in [0.4, 0.5) is 40.8 Å². The van der Waals surface area contributed by atoms with Crippen molar-refractivity contribution in [1.29, 1.82) is 0 Å². The molecule has 3 aliphatic rings. The maximum atomic E-state index is 15.1. The lowest BCUT2D eigenvalue weighted by atomic mass is 10.0. The van der Waals surface area contributed by atoms with Gasteiger partial charge in [0.05, 0.1) is 18.1 Å². The van der Waals surface area contributed by atoms with E-state index in [2.05, 4.69) is 48.6 Å². The maximum absolute atomic E-state index is 15.1. The number of carbonyl (C=O) groups is 8. The van der Waals surface area contributed by atoms with Crippen molar-refractivity contribution in [3.63, 3.8) is 0 Å². The molecule has 20 N–H and O–H groups in total. The first kappa shape index (κ1) is 90.5. The van der Waals surface area contributed by atoms with Crippen LogP contribution in [0.5, 0.6) is 0 Å². The van der Waals surface area contributed by atoms with Gasteiger partial charge in [-0.15, -0.1) is 0 Å². The third-order valence-electron chi connectivity index (χ3n) is 22.6. The largest absolute Gasteiger partial charge is 0.383 e. The Bertz CT molecular complexity index is 6100. The molecule has 2 saturated carbocycles. The van der Waals surface area contributed by atoms with Crippen LogP contribution in [0, 0.1) is 56.9 Å². The molecule has 0 spiro atoms. The molecule has 0 bridgehead atoms. The zero-order chi connectivity index (χ0) is 90.5. The number of rotatable bonds is 25. The van der Waals surface area contributed by atoms with Crippen LogP contribution in [0.25, 0.3) is 45.0 Å². The summed E-state index contributed by atoms with van der Waals surface area (Å²) in [4.78, 5) is 97.6. The van der Waals surface area contributed by atoms with E-state index in [1.165, 1.54) is 33.6 Å². The molecule has 1 saturated heterocycles. The van der Waals surface area contributed by atoms with Gasteiger partial charge in [0.2, 0.25) is 0 Å². The highest BCUT2D eigenvalue weighted by Gasteiger charge is 2.35. The van der Waals surface area contributed by atoms with Crippen LogP contribution >= 0.6 is 0 Å². The van der Waals surface area contributed by atoms with Gasteiger partial charge >= 0.3 is 0 Å². The molecule has 1 aliphatic heterocycles. The van der Waals surface area contributed by atoms with Gasteiger partial charge in [-0.05, 0) is 174 Å². The SMILES string of the molecule is CCn1nc(-c2ccc(CNC(=O)c3ccccc3C)c(F)c2)c(C(N)=O)c1N.Cc1ccccc1C(=O)NCc1c(F)cc(-c2nn(C3CCOCC3)c(N)c2C(N)=O)cc1F.Cc1ccccc1C(=O)NCc1ccc(-c2nn(C(C)C3CC3)c(N)c2C(N)=O)cc1.Cc1ccccc1C(=O)NCc1ccc(-c2nn(C3CCCC3)c(N)c2C(N)=O)c(F)c1. The van der Waals surface area contributed by atoms with Gasteiger partial charge in [-0.3, -0.25) is 38.4 Å². The summed E-state index contributed by atoms with van der Waals surface area (Å²) in [5.41, 5.74) is 56.1. The molecular weight excluding hydrogens is 1620 g/mol. The predicted molar refractivity (Wildman–Crippen MR) is 471 cm³/mol. The van der Waals surface area contributed by atoms with E-state index in [1.807, 2.05) is 100 Å². The molecule has 33 heteroatoms. The Morgan fingerprint density at radius 2 is 0.810 bits per heavy atom. The first-order valence-corrected chi connectivity index (χ1v) is 41.1. The normalized spacial score (nSPS) is 13.3. The fourth-order valence-electron chi connectivity index (χ4n) is 15.3. The van der Waals surface area contributed by atoms with Crippen molar-refractivity contribution in [3.05, 3.63) is 282 Å². The molecule has 1 atom stereocenters. The third kappa shape index (κ3) is 20.6. The minimum absolute atomic E-state index is 0.00443. The monoisotopic (exact) mass is 1720 g/mol. The minimum Gasteiger partial charge on any atom is -0.383 e. The Balaban J connectivity index is 0.000000153. The summed E-state index contributed by atoms with van der Waals surface area (Å²) in [7, 11) is 0. The van der Waals surface area contributed by atoms with Crippen LogP contribution in [0.3, 0.4) is 0 Å². The van der Waals surface area contributed by atoms with Crippen molar-refractivity contribution in [3.8, 4) is 45.0 Å². The highest BCUT2D eigenvalue weighted by atomic mass is 19.1. The van der Waals surface area contributed by atoms with Gasteiger partial charge in [0, 0.05) is 102 Å². The van der Waals surface area contributed by atoms with Crippen molar-refractivity contribution in [2.75, 3.05) is 36.1 Å². The van der Waals surface area contributed by atoms with E-state index in [9.17, 15) is 51.5 Å². The van der Waals surface area contributed by atoms with E-state index >= 15 is 4.39 Å². The number of aromatic nitrogens is 8. The summed E-state index contributed by atoms with van der Waals surface area (Å²) in [5.74, 6) is -5.64. The number of ether oxygens (including phenoxy) is 1. The summed E-state index contributed by atoms with van der Waals surface area (Å²) in [6.45, 7) is 12.9. The van der Waals surface area contributed by atoms with Crippen molar-refractivity contribution >= 4 is 70.5 Å². The number of nitrogens with zero attached hydrogens (tertiary/aromatic N) is 8. The van der Waals surface area contributed by atoms with E-state index in [0.717, 1.165) is 84.0 Å². The maximum Gasteiger partial charge on any atom is 0.254 e. The van der Waals surface area contributed by atoms with Crippen LogP contribution < -0.4 is 67.1 Å². The predicted octanol–water partition coefficient (Wildman–Crippen LogP) is 12.9. The second kappa shape index (κ2) is 40.0. The Labute approximate surface area is 724 Å². The lowest BCUT2D eigenvalue weighted by molar-refractivity contribution is 0.0669. The van der Waals surface area contributed by atoms with Gasteiger partial charge in [0.15, 0.2) is 0 Å². The van der Waals surface area contributed by atoms with E-state index in [-0.39, 0.29) is 129 Å². The van der Waals surface area contributed by atoms with Gasteiger partial charge in [-0.2, -0.15) is 20.4 Å². The molecule has 1 unspecified atom stereocenters. The summed E-state index contributed by atoms with van der Waals surface area (Å²) in [6.07, 6.45) is 7.48. The first-order chi connectivity index (χ1) is 60.3. The van der Waals surface area contributed by atoms with Gasteiger partial charge in [-0.1, -0.05) is 128 Å². The molecule has 2 aliphatic carbocycles. The van der Waals surface area contributed by atoms with Crippen molar-refractivity contribution in [1.82, 2.24) is 60.4 Å². The number of primary amides is 4. The van der Waals surface area contributed by atoms with Crippen LogP contribution in [-0.2, 0) is 37.5 Å². The van der Waals surface area contributed by atoms with E-state index < -0.39 is 52.8 Å². The molecule has 3 fully saturated rings. The number of nitrogens with one attached hydrogen (secondary N) is 4. The van der Waals surface area contributed by atoms with Crippen molar-refractivity contribution < 1.29 is 60.7 Å². The number of hydrogen-bond acceptors (Lipinski definition) is 17. The molecule has 0 radical (unpaired) electrons. The molecular formula is C93H100F4N20O9. The van der Waals surface area contributed by atoms with Crippen LogP contribution in [0.2, 0.25) is 0 Å². The second-order valence-corrected chi connectivity index (χ2v) is 31.1. The second-order valence-electron chi connectivity index (χ2n) is 31.1. The smallest absolute Gasteiger partial charge is 0.254 e. The average Bonchev–Trinajstić information content (AvgIpc) is 1.63. The highest BCUT2D eigenvalue weighted by molar-refractivity contribution is 6.06. The number of nitrogens with two attached hydrogens (primary N) is 8. The number of anilines is 4. The molecule has 12 aromatic rings. The molecule has 5 heterocycles. The molecule has 8 amide bonds. The van der Waals surface area contributed by atoms with Crippen LogP contribution in [0.1, 0.15) is 211 Å². The zero-order valence-electron chi connectivity index (χ0n) is 70.5. The number of carbonyl (C=O) groups excluding carboxylic acids is 8. The van der Waals surface area contributed by atoms with E-state index in [4.69, 9.17) is 50.6 Å². The molecule has 654 valence electrons. The summed E-state index contributed by atoms with van der Waals surface area (Å²) in [6, 6.07) is 47.5. The number of hydrogen-bond donors (Lipinski definition) is 12.